The molecule has 0 spiro atoms. The van der Waals surface area contributed by atoms with Crippen molar-refractivity contribution in [1.29, 1.82) is 0 Å². The van der Waals surface area contributed by atoms with Crippen LogP contribution in [-0.2, 0) is 11.2 Å². The van der Waals surface area contributed by atoms with Crippen molar-refractivity contribution in [2.24, 2.45) is 5.92 Å². The summed E-state index contributed by atoms with van der Waals surface area (Å²) in [6.07, 6.45) is 2.71. The molecule has 0 fully saturated rings. The molecule has 0 atom stereocenters. The molecule has 0 bridgehead atoms. The summed E-state index contributed by atoms with van der Waals surface area (Å²) in [5.41, 5.74) is 2.03. The second-order valence-electron chi connectivity index (χ2n) is 8.03. The molecule has 0 saturated carbocycles. The van der Waals surface area contributed by atoms with E-state index in [9.17, 15) is 24.6 Å². The van der Waals surface area contributed by atoms with E-state index in [0.29, 0.717) is 23.8 Å². The zero-order valence-electron chi connectivity index (χ0n) is 18.5. The first-order valence-corrected chi connectivity index (χ1v) is 10.0. The molecule has 2 aromatic carbocycles. The molecule has 164 valence electrons. The molecule has 6 heteroatoms. The Morgan fingerprint density at radius 2 is 1.81 bits per heavy atom. The Labute approximate surface area is 182 Å². The summed E-state index contributed by atoms with van der Waals surface area (Å²) in [7, 11) is 0. The SMILES string of the molecule is CC(C)=CCc1ccc(O)c(C=O)c1C(=O)c1cc(C)cc(OCC(=O)C(C)C)c1O. The number of hydrogen-bond acceptors (Lipinski definition) is 6. The van der Waals surface area contributed by atoms with Crippen LogP contribution in [0.15, 0.2) is 35.9 Å². The lowest BCUT2D eigenvalue weighted by Crippen LogP contribution is -2.17. The van der Waals surface area contributed by atoms with Crippen LogP contribution in [0.3, 0.4) is 0 Å². The third kappa shape index (κ3) is 5.60. The van der Waals surface area contributed by atoms with Crippen molar-refractivity contribution in [3.05, 3.63) is 63.7 Å². The van der Waals surface area contributed by atoms with Gasteiger partial charge in [-0.3, -0.25) is 14.4 Å². The maximum atomic E-state index is 13.4. The van der Waals surface area contributed by atoms with Crippen molar-refractivity contribution < 1.29 is 29.3 Å². The van der Waals surface area contributed by atoms with Crippen molar-refractivity contribution in [3.63, 3.8) is 0 Å². The zero-order chi connectivity index (χ0) is 23.3. The van der Waals surface area contributed by atoms with Crippen LogP contribution in [0.5, 0.6) is 17.2 Å². The van der Waals surface area contributed by atoms with E-state index in [2.05, 4.69) is 0 Å². The van der Waals surface area contributed by atoms with Crippen LogP contribution in [0.2, 0.25) is 0 Å². The van der Waals surface area contributed by atoms with Crippen LogP contribution in [0.1, 0.15) is 65.1 Å². The normalized spacial score (nSPS) is 10.6. The maximum absolute atomic E-state index is 13.4. The van der Waals surface area contributed by atoms with E-state index in [0.717, 1.165) is 5.57 Å². The number of hydrogen-bond donors (Lipinski definition) is 2. The van der Waals surface area contributed by atoms with Gasteiger partial charge in [0.15, 0.2) is 29.4 Å². The van der Waals surface area contributed by atoms with E-state index in [1.54, 1.807) is 26.8 Å². The van der Waals surface area contributed by atoms with Gasteiger partial charge in [-0.2, -0.15) is 0 Å². The van der Waals surface area contributed by atoms with E-state index >= 15 is 0 Å². The fourth-order valence-electron chi connectivity index (χ4n) is 3.00. The zero-order valence-corrected chi connectivity index (χ0v) is 18.5. The molecule has 0 heterocycles. The number of carbonyl (C=O) groups is 3. The summed E-state index contributed by atoms with van der Waals surface area (Å²) < 4.78 is 5.48. The Kier molecular flexibility index (Phi) is 7.75. The topological polar surface area (TPSA) is 101 Å². The minimum Gasteiger partial charge on any atom is -0.507 e. The fraction of sp³-hybridized carbons (Fsp3) is 0.320. The number of aldehydes is 1. The summed E-state index contributed by atoms with van der Waals surface area (Å²) >= 11 is 0. The first kappa shape index (κ1) is 23.9. The highest BCUT2D eigenvalue weighted by Crippen LogP contribution is 2.35. The van der Waals surface area contributed by atoms with Gasteiger partial charge in [-0.25, -0.2) is 0 Å². The molecule has 0 radical (unpaired) electrons. The number of benzene rings is 2. The number of ketones is 2. The lowest BCUT2D eigenvalue weighted by Gasteiger charge is -2.15. The molecule has 6 nitrogen and oxygen atoms in total. The molecular weight excluding hydrogens is 396 g/mol. The molecule has 0 amide bonds. The number of Topliss-reactive ketones (excluding diaryl/α,β-unsaturated/α-hetero) is 1. The number of rotatable bonds is 9. The van der Waals surface area contributed by atoms with Crippen LogP contribution in [0.4, 0.5) is 0 Å². The van der Waals surface area contributed by atoms with Gasteiger partial charge in [0.25, 0.3) is 0 Å². The number of phenols is 2. The average Bonchev–Trinajstić information content (AvgIpc) is 2.71. The molecule has 0 aliphatic carbocycles. The molecule has 31 heavy (non-hydrogen) atoms. The van der Waals surface area contributed by atoms with Crippen LogP contribution in [0.25, 0.3) is 0 Å². The minimum absolute atomic E-state index is 0.0102. The smallest absolute Gasteiger partial charge is 0.198 e. The van der Waals surface area contributed by atoms with Gasteiger partial charge >= 0.3 is 0 Å². The number of aromatic hydroxyl groups is 2. The number of carbonyl (C=O) groups excluding carboxylic acids is 3. The van der Waals surface area contributed by atoms with Crippen molar-refractivity contribution in [3.8, 4) is 17.2 Å². The predicted octanol–water partition coefficient (Wildman–Crippen LogP) is 4.56. The Hall–Kier alpha value is -3.41. The molecule has 0 saturated heterocycles. The highest BCUT2D eigenvalue weighted by atomic mass is 16.5. The summed E-state index contributed by atoms with van der Waals surface area (Å²) in [4.78, 5) is 37.0. The third-order valence-corrected chi connectivity index (χ3v) is 4.86. The molecule has 2 N–H and O–H groups in total. The Bertz CT molecular complexity index is 1040. The highest BCUT2D eigenvalue weighted by molar-refractivity contribution is 6.16. The molecule has 0 unspecified atom stereocenters. The van der Waals surface area contributed by atoms with Crippen LogP contribution in [-0.4, -0.2) is 34.7 Å². The molecule has 0 aliphatic rings. The number of phenolic OH excluding ortho intramolecular Hbond substituents is 2. The van der Waals surface area contributed by atoms with Gasteiger partial charge < -0.3 is 14.9 Å². The lowest BCUT2D eigenvalue weighted by atomic mass is 9.90. The average molecular weight is 424 g/mol. The third-order valence-electron chi connectivity index (χ3n) is 4.86. The largest absolute Gasteiger partial charge is 0.507 e. The summed E-state index contributed by atoms with van der Waals surface area (Å²) in [6, 6.07) is 5.97. The van der Waals surface area contributed by atoms with E-state index in [4.69, 9.17) is 4.74 Å². The van der Waals surface area contributed by atoms with Gasteiger partial charge in [0.05, 0.1) is 11.1 Å². The second-order valence-corrected chi connectivity index (χ2v) is 8.03. The molecule has 2 rings (SSSR count). The van der Waals surface area contributed by atoms with Crippen LogP contribution in [0, 0.1) is 12.8 Å². The lowest BCUT2D eigenvalue weighted by molar-refractivity contribution is -0.123. The Morgan fingerprint density at radius 3 is 2.39 bits per heavy atom. The van der Waals surface area contributed by atoms with Gasteiger partial charge in [0.2, 0.25) is 0 Å². The molecular formula is C25H28O6. The van der Waals surface area contributed by atoms with Crippen molar-refractivity contribution >= 4 is 17.9 Å². The van der Waals surface area contributed by atoms with Crippen molar-refractivity contribution in [2.75, 3.05) is 6.61 Å². The minimum atomic E-state index is -0.614. The summed E-state index contributed by atoms with van der Waals surface area (Å²) in [6.45, 7) is 8.80. The fourth-order valence-corrected chi connectivity index (χ4v) is 3.00. The predicted molar refractivity (Wildman–Crippen MR) is 118 cm³/mol. The van der Waals surface area contributed by atoms with E-state index < -0.39 is 11.5 Å². The maximum Gasteiger partial charge on any atom is 0.198 e. The highest BCUT2D eigenvalue weighted by Gasteiger charge is 2.25. The second kappa shape index (κ2) is 10.1. The van der Waals surface area contributed by atoms with Crippen molar-refractivity contribution in [2.45, 2.75) is 41.0 Å². The molecule has 0 aromatic heterocycles. The van der Waals surface area contributed by atoms with Gasteiger partial charge in [0.1, 0.15) is 12.4 Å². The monoisotopic (exact) mass is 424 g/mol. The van der Waals surface area contributed by atoms with E-state index in [1.165, 1.54) is 18.2 Å². The number of aryl methyl sites for hydroxylation is 1. The quantitative estimate of drug-likeness (QED) is 0.348. The Balaban J connectivity index is 2.58. The number of ether oxygens (including phenoxy) is 1. The number of allylic oxidation sites excluding steroid dienone is 2. The van der Waals surface area contributed by atoms with Crippen molar-refractivity contribution in [1.82, 2.24) is 0 Å². The van der Waals surface area contributed by atoms with Crippen LogP contribution >= 0.6 is 0 Å². The van der Waals surface area contributed by atoms with Gasteiger partial charge in [-0.15, -0.1) is 0 Å². The van der Waals surface area contributed by atoms with E-state index in [1.807, 2.05) is 19.9 Å². The van der Waals surface area contributed by atoms with Gasteiger partial charge in [-0.1, -0.05) is 31.6 Å². The van der Waals surface area contributed by atoms with E-state index in [-0.39, 0.29) is 46.5 Å². The summed E-state index contributed by atoms with van der Waals surface area (Å²) in [5, 5.41) is 20.9. The standard InChI is InChI=1S/C25H28O6/c1-14(2)6-7-17-8-9-20(27)19(12-26)23(17)25(30)18-10-16(5)11-22(24(18)29)31-13-21(28)15(3)4/h6,8-12,15,27,29H,7,13H2,1-5H3. The first-order valence-electron chi connectivity index (χ1n) is 10.0. The summed E-state index contributed by atoms with van der Waals surface area (Å²) in [5.74, 6) is -1.71. The van der Waals surface area contributed by atoms with Crippen LogP contribution < -0.4 is 4.74 Å². The molecule has 2 aromatic rings. The Morgan fingerprint density at radius 1 is 1.13 bits per heavy atom. The van der Waals surface area contributed by atoms with Gasteiger partial charge in [-0.05, 0) is 56.5 Å². The van der Waals surface area contributed by atoms with Gasteiger partial charge in [0, 0.05) is 11.5 Å². The first-order chi connectivity index (χ1) is 14.6. The molecule has 0 aliphatic heterocycles.